The third-order valence-electron chi connectivity index (χ3n) is 1.63. The van der Waals surface area contributed by atoms with Crippen LogP contribution in [0.4, 0.5) is 4.39 Å². The third-order valence-corrected chi connectivity index (χ3v) is 2.38. The monoisotopic (exact) mass is 234 g/mol. The first-order valence-electron chi connectivity index (χ1n) is 3.75. The summed E-state index contributed by atoms with van der Waals surface area (Å²) in [6.45, 7) is 7.44. The standard InChI is InChI=1S/C8H12BrFN2/c1-5-6(9)11-12(7(5)10)8(2,3)4/h1-4H3. The van der Waals surface area contributed by atoms with E-state index in [1.54, 1.807) is 6.92 Å². The van der Waals surface area contributed by atoms with Gasteiger partial charge in [-0.2, -0.15) is 9.49 Å². The lowest BCUT2D eigenvalue weighted by Crippen LogP contribution is -2.24. The first kappa shape index (κ1) is 9.71. The lowest BCUT2D eigenvalue weighted by Gasteiger charge is -2.19. The molecule has 0 N–H and O–H groups in total. The van der Waals surface area contributed by atoms with E-state index in [2.05, 4.69) is 21.0 Å². The average Bonchev–Trinajstić information content (AvgIpc) is 2.15. The van der Waals surface area contributed by atoms with Gasteiger partial charge < -0.3 is 0 Å². The van der Waals surface area contributed by atoms with Crippen LogP contribution >= 0.6 is 15.9 Å². The van der Waals surface area contributed by atoms with Crippen molar-refractivity contribution in [2.75, 3.05) is 0 Å². The van der Waals surface area contributed by atoms with Crippen molar-refractivity contribution in [2.45, 2.75) is 33.2 Å². The smallest absolute Gasteiger partial charge is 0.216 e. The van der Waals surface area contributed by atoms with E-state index >= 15 is 0 Å². The fourth-order valence-electron chi connectivity index (χ4n) is 0.895. The summed E-state index contributed by atoms with van der Waals surface area (Å²) in [4.78, 5) is 0. The second kappa shape index (κ2) is 2.83. The van der Waals surface area contributed by atoms with Crippen LogP contribution in [0.3, 0.4) is 0 Å². The summed E-state index contributed by atoms with van der Waals surface area (Å²) in [6.07, 6.45) is 0. The molecule has 0 saturated heterocycles. The van der Waals surface area contributed by atoms with Crippen molar-refractivity contribution >= 4 is 15.9 Å². The molecule has 0 radical (unpaired) electrons. The summed E-state index contributed by atoms with van der Waals surface area (Å²) in [5.41, 5.74) is 0.255. The fraction of sp³-hybridized carbons (Fsp3) is 0.625. The number of aromatic nitrogens is 2. The topological polar surface area (TPSA) is 17.8 Å². The lowest BCUT2D eigenvalue weighted by atomic mass is 10.1. The van der Waals surface area contributed by atoms with Gasteiger partial charge in [0.1, 0.15) is 4.60 Å². The van der Waals surface area contributed by atoms with Gasteiger partial charge in [0.2, 0.25) is 5.95 Å². The molecule has 4 heteroatoms. The van der Waals surface area contributed by atoms with E-state index in [9.17, 15) is 4.39 Å². The van der Waals surface area contributed by atoms with Crippen molar-refractivity contribution < 1.29 is 4.39 Å². The molecule has 0 unspecified atom stereocenters. The van der Waals surface area contributed by atoms with Crippen LogP contribution in [0.15, 0.2) is 4.60 Å². The maximum absolute atomic E-state index is 13.4. The number of rotatable bonds is 0. The fourth-order valence-corrected chi connectivity index (χ4v) is 1.22. The lowest BCUT2D eigenvalue weighted by molar-refractivity contribution is 0.297. The van der Waals surface area contributed by atoms with E-state index in [0.717, 1.165) is 0 Å². The summed E-state index contributed by atoms with van der Waals surface area (Å²) < 4.78 is 15.3. The van der Waals surface area contributed by atoms with Crippen molar-refractivity contribution in [3.8, 4) is 0 Å². The molecule has 0 aliphatic carbocycles. The predicted molar refractivity (Wildman–Crippen MR) is 49.6 cm³/mol. The van der Waals surface area contributed by atoms with Crippen LogP contribution in [0.2, 0.25) is 0 Å². The van der Waals surface area contributed by atoms with Crippen LogP contribution in [0.1, 0.15) is 26.3 Å². The molecule has 0 fully saturated rings. The number of hydrogen-bond acceptors (Lipinski definition) is 1. The molecule has 0 amide bonds. The van der Waals surface area contributed by atoms with Crippen molar-refractivity contribution in [1.29, 1.82) is 0 Å². The zero-order valence-electron chi connectivity index (χ0n) is 7.65. The van der Waals surface area contributed by atoms with E-state index in [0.29, 0.717) is 10.2 Å². The number of halogens is 2. The minimum atomic E-state index is -0.305. The van der Waals surface area contributed by atoms with Crippen LogP contribution < -0.4 is 0 Å². The highest BCUT2D eigenvalue weighted by Gasteiger charge is 2.21. The molecule has 12 heavy (non-hydrogen) atoms. The van der Waals surface area contributed by atoms with Crippen molar-refractivity contribution in [2.24, 2.45) is 0 Å². The van der Waals surface area contributed by atoms with Crippen LogP contribution in [0.25, 0.3) is 0 Å². The Hall–Kier alpha value is -0.380. The van der Waals surface area contributed by atoms with Crippen LogP contribution in [-0.2, 0) is 5.54 Å². The van der Waals surface area contributed by atoms with Gasteiger partial charge in [0, 0.05) is 5.56 Å². The zero-order valence-corrected chi connectivity index (χ0v) is 9.24. The van der Waals surface area contributed by atoms with Gasteiger partial charge >= 0.3 is 0 Å². The zero-order chi connectivity index (χ0) is 9.52. The van der Waals surface area contributed by atoms with Gasteiger partial charge in [-0.1, -0.05) is 0 Å². The molecule has 0 spiro atoms. The van der Waals surface area contributed by atoms with Gasteiger partial charge in [-0.15, -0.1) is 0 Å². The Bertz CT molecular complexity index is 299. The minimum absolute atomic E-state index is 0.269. The highest BCUT2D eigenvalue weighted by Crippen LogP contribution is 2.23. The van der Waals surface area contributed by atoms with Crippen LogP contribution in [0.5, 0.6) is 0 Å². The largest absolute Gasteiger partial charge is 0.233 e. The van der Waals surface area contributed by atoms with Gasteiger partial charge in [0.25, 0.3) is 0 Å². The van der Waals surface area contributed by atoms with Crippen molar-refractivity contribution in [3.05, 3.63) is 16.1 Å². The van der Waals surface area contributed by atoms with Gasteiger partial charge in [0.15, 0.2) is 0 Å². The number of nitrogens with zero attached hydrogens (tertiary/aromatic N) is 2. The molecule has 0 aromatic carbocycles. The van der Waals surface area contributed by atoms with Gasteiger partial charge in [0.05, 0.1) is 5.54 Å². The maximum atomic E-state index is 13.4. The van der Waals surface area contributed by atoms with Gasteiger partial charge in [-0.05, 0) is 43.6 Å². The molecule has 1 heterocycles. The molecular formula is C8H12BrFN2. The Morgan fingerprint density at radius 2 is 1.92 bits per heavy atom. The molecule has 0 aliphatic rings. The van der Waals surface area contributed by atoms with Crippen LogP contribution in [0, 0.1) is 12.9 Å². The molecule has 68 valence electrons. The van der Waals surface area contributed by atoms with Crippen molar-refractivity contribution in [3.63, 3.8) is 0 Å². The summed E-state index contributed by atoms with van der Waals surface area (Å²) in [5.74, 6) is -0.269. The Labute approximate surface area is 79.9 Å². The van der Waals surface area contributed by atoms with E-state index in [1.807, 2.05) is 20.8 Å². The first-order valence-corrected chi connectivity index (χ1v) is 4.54. The highest BCUT2D eigenvalue weighted by molar-refractivity contribution is 9.10. The molecule has 1 aromatic heterocycles. The minimum Gasteiger partial charge on any atom is -0.233 e. The Morgan fingerprint density at radius 1 is 1.42 bits per heavy atom. The van der Waals surface area contributed by atoms with E-state index < -0.39 is 0 Å². The first-order chi connectivity index (χ1) is 5.34. The third kappa shape index (κ3) is 1.53. The van der Waals surface area contributed by atoms with Gasteiger partial charge in [-0.25, -0.2) is 4.68 Å². The second-order valence-corrected chi connectivity index (χ2v) is 4.54. The molecule has 1 rings (SSSR count). The molecule has 2 nitrogen and oxygen atoms in total. The van der Waals surface area contributed by atoms with Gasteiger partial charge in [-0.3, -0.25) is 0 Å². The molecule has 0 atom stereocenters. The molecule has 0 aliphatic heterocycles. The Morgan fingerprint density at radius 3 is 2.08 bits per heavy atom. The van der Waals surface area contributed by atoms with Crippen LogP contribution in [-0.4, -0.2) is 9.78 Å². The van der Waals surface area contributed by atoms with Crippen molar-refractivity contribution in [1.82, 2.24) is 9.78 Å². The SMILES string of the molecule is Cc1c(Br)nn(C(C)(C)C)c1F. The molecule has 0 bridgehead atoms. The van der Waals surface area contributed by atoms with E-state index in [4.69, 9.17) is 0 Å². The average molecular weight is 235 g/mol. The molecule has 0 saturated carbocycles. The summed E-state index contributed by atoms with van der Waals surface area (Å²) in [5, 5.41) is 4.04. The normalized spacial score (nSPS) is 12.2. The Kier molecular flexibility index (Phi) is 2.29. The summed E-state index contributed by atoms with van der Waals surface area (Å²) >= 11 is 3.19. The molecular weight excluding hydrogens is 223 g/mol. The number of hydrogen-bond donors (Lipinski definition) is 0. The van der Waals surface area contributed by atoms with E-state index in [1.165, 1.54) is 4.68 Å². The Balaban J connectivity index is 3.28. The second-order valence-electron chi connectivity index (χ2n) is 3.79. The highest BCUT2D eigenvalue weighted by atomic mass is 79.9. The van der Waals surface area contributed by atoms with E-state index in [-0.39, 0.29) is 11.5 Å². The summed E-state index contributed by atoms with van der Waals surface area (Å²) in [6, 6.07) is 0. The molecule has 1 aromatic rings. The summed E-state index contributed by atoms with van der Waals surface area (Å²) in [7, 11) is 0. The predicted octanol–water partition coefficient (Wildman–Crippen LogP) is 2.85. The maximum Gasteiger partial charge on any atom is 0.216 e. The quantitative estimate of drug-likeness (QED) is 0.676.